The van der Waals surface area contributed by atoms with E-state index in [1.165, 1.54) is 6.07 Å². The van der Waals surface area contributed by atoms with E-state index in [4.69, 9.17) is 9.52 Å². The van der Waals surface area contributed by atoms with Gasteiger partial charge in [-0.05, 0) is 19.1 Å². The summed E-state index contributed by atoms with van der Waals surface area (Å²) >= 11 is 0. The first-order valence-electron chi connectivity index (χ1n) is 5.02. The minimum Gasteiger partial charge on any atom is -0.475 e. The topological polar surface area (TPSA) is 67.5 Å². The lowest BCUT2D eigenvalue weighted by Crippen LogP contribution is -2.11. The number of carbonyl (C=O) groups excluding carboxylic acids is 1. The molecule has 0 aliphatic carbocycles. The lowest BCUT2D eigenvalue weighted by atomic mass is 10.1. The minimum atomic E-state index is -1.52. The van der Waals surface area contributed by atoms with Crippen molar-refractivity contribution in [3.8, 4) is 11.3 Å². The molecule has 86 valence electrons. The van der Waals surface area contributed by atoms with E-state index in [1.54, 1.807) is 6.07 Å². The van der Waals surface area contributed by atoms with Gasteiger partial charge in [-0.25, -0.2) is 4.79 Å². The molecule has 0 fully saturated rings. The van der Waals surface area contributed by atoms with Crippen LogP contribution in [0.1, 0.15) is 16.1 Å². The number of Topliss-reactive ketones (excluding diaryl/α,β-unsaturated/α-hetero) is 1. The lowest BCUT2D eigenvalue weighted by Gasteiger charge is -1.97. The average molecular weight is 230 g/mol. The molecule has 1 heterocycles. The van der Waals surface area contributed by atoms with E-state index in [0.29, 0.717) is 5.76 Å². The van der Waals surface area contributed by atoms with Crippen molar-refractivity contribution in [2.45, 2.75) is 6.92 Å². The fraction of sp³-hybridized carbons (Fsp3) is 0.0769. The van der Waals surface area contributed by atoms with Crippen LogP contribution in [0.3, 0.4) is 0 Å². The molecule has 1 aromatic heterocycles. The van der Waals surface area contributed by atoms with Gasteiger partial charge in [-0.1, -0.05) is 29.8 Å². The van der Waals surface area contributed by atoms with Crippen molar-refractivity contribution >= 4 is 11.8 Å². The molecular formula is C13H10O4. The molecule has 0 atom stereocenters. The molecule has 1 N–H and O–H groups in total. The molecule has 4 nitrogen and oxygen atoms in total. The van der Waals surface area contributed by atoms with Crippen molar-refractivity contribution in [2.75, 3.05) is 0 Å². The Labute approximate surface area is 97.5 Å². The summed E-state index contributed by atoms with van der Waals surface area (Å²) in [6.07, 6.45) is 0. The molecule has 0 unspecified atom stereocenters. The van der Waals surface area contributed by atoms with Gasteiger partial charge >= 0.3 is 11.8 Å². The molecule has 0 radical (unpaired) electrons. The van der Waals surface area contributed by atoms with E-state index in [2.05, 4.69) is 0 Å². The van der Waals surface area contributed by atoms with E-state index >= 15 is 0 Å². The zero-order valence-corrected chi connectivity index (χ0v) is 9.14. The van der Waals surface area contributed by atoms with Crippen LogP contribution >= 0.6 is 0 Å². The second-order valence-corrected chi connectivity index (χ2v) is 3.66. The maximum Gasteiger partial charge on any atom is 0.380 e. The van der Waals surface area contributed by atoms with Gasteiger partial charge in [0.05, 0.1) is 0 Å². The standard InChI is InChI=1S/C13H10O4/c1-8-2-4-9(5-3-8)10-6-7-11(17-10)12(14)13(15)16/h2-7H,1H3,(H,15,16). The molecule has 0 bridgehead atoms. The van der Waals surface area contributed by atoms with Crippen LogP contribution in [-0.4, -0.2) is 16.9 Å². The average Bonchev–Trinajstić information content (AvgIpc) is 2.78. The predicted octanol–water partition coefficient (Wildman–Crippen LogP) is 2.52. The Kier molecular flexibility index (Phi) is 2.78. The quantitative estimate of drug-likeness (QED) is 0.649. The number of carbonyl (C=O) groups is 2. The third kappa shape index (κ3) is 2.25. The number of carboxylic acid groups (broad SMARTS) is 1. The summed E-state index contributed by atoms with van der Waals surface area (Å²) in [5.74, 6) is -2.24. The van der Waals surface area contributed by atoms with Crippen molar-refractivity contribution in [1.29, 1.82) is 0 Å². The van der Waals surface area contributed by atoms with Crippen molar-refractivity contribution in [1.82, 2.24) is 0 Å². The van der Waals surface area contributed by atoms with Gasteiger partial charge in [-0.2, -0.15) is 0 Å². The SMILES string of the molecule is Cc1ccc(-c2ccc(C(=O)C(=O)O)o2)cc1. The summed E-state index contributed by atoms with van der Waals surface area (Å²) in [6, 6.07) is 10.5. The normalized spacial score (nSPS) is 10.2. The Balaban J connectivity index is 2.33. The van der Waals surface area contributed by atoms with E-state index in [9.17, 15) is 9.59 Å². The number of rotatable bonds is 3. The van der Waals surface area contributed by atoms with E-state index in [0.717, 1.165) is 11.1 Å². The molecule has 0 saturated heterocycles. The Morgan fingerprint density at radius 1 is 1.06 bits per heavy atom. The van der Waals surface area contributed by atoms with E-state index < -0.39 is 11.8 Å². The summed E-state index contributed by atoms with van der Waals surface area (Å²) in [5, 5.41) is 8.54. The highest BCUT2D eigenvalue weighted by atomic mass is 16.4. The van der Waals surface area contributed by atoms with E-state index in [-0.39, 0.29) is 5.76 Å². The van der Waals surface area contributed by atoms with Gasteiger partial charge in [0.25, 0.3) is 0 Å². The first-order valence-corrected chi connectivity index (χ1v) is 5.02. The molecule has 0 amide bonds. The van der Waals surface area contributed by atoms with Gasteiger partial charge < -0.3 is 9.52 Å². The fourth-order valence-corrected chi connectivity index (χ4v) is 1.44. The Morgan fingerprint density at radius 3 is 2.29 bits per heavy atom. The first-order chi connectivity index (χ1) is 8.08. The number of carboxylic acids is 1. The summed E-state index contributed by atoms with van der Waals surface area (Å²) in [7, 11) is 0. The van der Waals surface area contributed by atoms with Crippen molar-refractivity contribution in [3.05, 3.63) is 47.7 Å². The van der Waals surface area contributed by atoms with Crippen molar-refractivity contribution in [3.63, 3.8) is 0 Å². The summed E-state index contributed by atoms with van der Waals surface area (Å²) in [4.78, 5) is 21.6. The molecule has 17 heavy (non-hydrogen) atoms. The summed E-state index contributed by atoms with van der Waals surface area (Å²) in [6.45, 7) is 1.96. The highest BCUT2D eigenvalue weighted by Gasteiger charge is 2.18. The third-order valence-corrected chi connectivity index (χ3v) is 2.36. The number of furan rings is 1. The van der Waals surface area contributed by atoms with Gasteiger partial charge in [0.15, 0.2) is 5.76 Å². The van der Waals surface area contributed by atoms with Gasteiger partial charge in [0.2, 0.25) is 0 Å². The zero-order chi connectivity index (χ0) is 12.4. The highest BCUT2D eigenvalue weighted by Crippen LogP contribution is 2.22. The van der Waals surface area contributed by atoms with E-state index in [1.807, 2.05) is 31.2 Å². The van der Waals surface area contributed by atoms with Crippen molar-refractivity contribution < 1.29 is 19.1 Å². The largest absolute Gasteiger partial charge is 0.475 e. The zero-order valence-electron chi connectivity index (χ0n) is 9.14. The summed E-state index contributed by atoms with van der Waals surface area (Å²) in [5.41, 5.74) is 1.92. The van der Waals surface area contributed by atoms with Gasteiger partial charge in [0, 0.05) is 5.56 Å². The number of aryl methyl sites for hydroxylation is 1. The molecule has 0 saturated carbocycles. The molecule has 2 rings (SSSR count). The molecular weight excluding hydrogens is 220 g/mol. The lowest BCUT2D eigenvalue weighted by molar-refractivity contribution is -0.131. The van der Waals surface area contributed by atoms with Crippen LogP contribution in [0.4, 0.5) is 0 Å². The Morgan fingerprint density at radius 2 is 1.71 bits per heavy atom. The molecule has 1 aromatic carbocycles. The first kappa shape index (κ1) is 11.1. The van der Waals surface area contributed by atoms with Gasteiger partial charge in [0.1, 0.15) is 5.76 Å². The van der Waals surface area contributed by atoms with Gasteiger partial charge in [-0.15, -0.1) is 0 Å². The molecule has 2 aromatic rings. The second-order valence-electron chi connectivity index (χ2n) is 3.66. The predicted molar refractivity (Wildman–Crippen MR) is 60.8 cm³/mol. The molecule has 0 aliphatic heterocycles. The smallest absolute Gasteiger partial charge is 0.380 e. The number of hydrogen-bond acceptors (Lipinski definition) is 3. The van der Waals surface area contributed by atoms with Crippen LogP contribution in [0.5, 0.6) is 0 Å². The van der Waals surface area contributed by atoms with Crippen molar-refractivity contribution in [2.24, 2.45) is 0 Å². The monoisotopic (exact) mass is 230 g/mol. The number of aliphatic carboxylic acids is 1. The molecule has 0 spiro atoms. The van der Waals surface area contributed by atoms with Crippen LogP contribution in [0, 0.1) is 6.92 Å². The van der Waals surface area contributed by atoms with Gasteiger partial charge in [-0.3, -0.25) is 4.79 Å². The van der Waals surface area contributed by atoms with Crippen LogP contribution in [0.15, 0.2) is 40.8 Å². The molecule has 0 aliphatic rings. The highest BCUT2D eigenvalue weighted by molar-refractivity contribution is 6.39. The maximum atomic E-state index is 11.1. The third-order valence-electron chi connectivity index (χ3n) is 2.36. The number of hydrogen-bond donors (Lipinski definition) is 1. The molecule has 4 heteroatoms. The van der Waals surface area contributed by atoms with Crippen LogP contribution in [0.25, 0.3) is 11.3 Å². The van der Waals surface area contributed by atoms with Crippen LogP contribution in [-0.2, 0) is 4.79 Å². The fourth-order valence-electron chi connectivity index (χ4n) is 1.44. The Bertz CT molecular complexity index is 563. The minimum absolute atomic E-state index is 0.159. The summed E-state index contributed by atoms with van der Waals surface area (Å²) < 4.78 is 5.20. The maximum absolute atomic E-state index is 11.1. The Hall–Kier alpha value is -2.36. The van der Waals surface area contributed by atoms with Crippen LogP contribution in [0.2, 0.25) is 0 Å². The van der Waals surface area contributed by atoms with Crippen LogP contribution < -0.4 is 0 Å². The number of ketones is 1. The second kappa shape index (κ2) is 4.25. The number of benzene rings is 1.